The number of rotatable bonds is 6. The summed E-state index contributed by atoms with van der Waals surface area (Å²) in [6, 6.07) is 7.97. The smallest absolute Gasteiger partial charge is 0.248 e. The highest BCUT2D eigenvalue weighted by molar-refractivity contribution is 5.95. The molecular formula is C22H22Cl3F2N5O2. The quantitative estimate of drug-likeness (QED) is 0.349. The summed E-state index contributed by atoms with van der Waals surface area (Å²) in [6.45, 7) is 1.92. The number of carbonyl (C=O) groups excluding carboxylic acids is 1. The van der Waals surface area contributed by atoms with E-state index in [-0.39, 0.29) is 48.5 Å². The molecule has 4 rings (SSSR count). The van der Waals surface area contributed by atoms with Gasteiger partial charge in [0.25, 0.3) is 0 Å². The number of methoxy groups -OCH3 is 1. The summed E-state index contributed by atoms with van der Waals surface area (Å²) in [5.41, 5.74) is 8.18. The third-order valence-electron chi connectivity index (χ3n) is 4.99. The Balaban J connectivity index is 0.00000193. The van der Waals surface area contributed by atoms with E-state index in [9.17, 15) is 13.6 Å². The fourth-order valence-corrected chi connectivity index (χ4v) is 3.43. The Hall–Kier alpha value is -3.14. The number of nitrogens with one attached hydrogen (secondary N) is 1. The molecule has 4 aromatic rings. The number of fused-ring (bicyclic) bond motifs is 1. The van der Waals surface area contributed by atoms with Crippen LogP contribution in [-0.2, 0) is 6.42 Å². The van der Waals surface area contributed by atoms with Gasteiger partial charge in [0, 0.05) is 29.2 Å². The number of hydrogen-bond donors (Lipinski definition) is 2. The third-order valence-corrected chi connectivity index (χ3v) is 4.99. The molecule has 34 heavy (non-hydrogen) atoms. The minimum Gasteiger partial charge on any atom is -0.494 e. The molecule has 12 heteroatoms. The highest BCUT2D eigenvalue weighted by Crippen LogP contribution is 2.31. The van der Waals surface area contributed by atoms with Crippen LogP contribution in [0.2, 0.25) is 0 Å². The number of halogens is 5. The molecule has 3 N–H and O–H groups in total. The van der Waals surface area contributed by atoms with E-state index >= 15 is 0 Å². The normalized spacial score (nSPS) is 10.0. The molecule has 7 nitrogen and oxygen atoms in total. The van der Waals surface area contributed by atoms with Crippen LogP contribution in [0.5, 0.6) is 5.75 Å². The third kappa shape index (κ3) is 5.16. The summed E-state index contributed by atoms with van der Waals surface area (Å²) in [5.74, 6) is -2.34. The lowest BCUT2D eigenvalue weighted by atomic mass is 10.0. The van der Waals surface area contributed by atoms with Crippen LogP contribution >= 0.6 is 37.2 Å². The highest BCUT2D eigenvalue weighted by Gasteiger charge is 2.19. The molecule has 0 unspecified atom stereocenters. The molecule has 0 atom stereocenters. The Morgan fingerprint density at radius 3 is 2.50 bits per heavy atom. The highest BCUT2D eigenvalue weighted by atomic mass is 35.5. The fraction of sp³-hybridized carbons (Fsp3) is 0.136. The number of primary amides is 1. The Morgan fingerprint density at radius 2 is 1.85 bits per heavy atom. The molecule has 0 aliphatic heterocycles. The second kappa shape index (κ2) is 11.8. The van der Waals surface area contributed by atoms with E-state index in [1.165, 1.54) is 31.6 Å². The molecule has 1 amide bonds. The van der Waals surface area contributed by atoms with Gasteiger partial charge in [0.05, 0.1) is 19.0 Å². The first-order valence-electron chi connectivity index (χ1n) is 9.48. The van der Waals surface area contributed by atoms with Crippen LogP contribution in [-0.4, -0.2) is 27.4 Å². The van der Waals surface area contributed by atoms with Crippen LogP contribution in [0, 0.1) is 11.6 Å². The van der Waals surface area contributed by atoms with Gasteiger partial charge in [-0.2, -0.15) is 4.39 Å². The minimum atomic E-state index is -1.07. The van der Waals surface area contributed by atoms with Crippen molar-refractivity contribution in [3.63, 3.8) is 0 Å². The zero-order valence-corrected chi connectivity index (χ0v) is 20.5. The molecule has 0 radical (unpaired) electrons. The number of anilines is 2. The Morgan fingerprint density at radius 1 is 1.12 bits per heavy atom. The SMILES string of the molecule is CCc1cc(Nc2nccn3c(-c4ccc(OC)c(F)c4F)cnc23)ccc1C(N)=O.Cl.Cl.Cl. The van der Waals surface area contributed by atoms with Gasteiger partial charge in [0.1, 0.15) is 0 Å². The van der Waals surface area contributed by atoms with Gasteiger partial charge >= 0.3 is 0 Å². The van der Waals surface area contributed by atoms with Crippen LogP contribution < -0.4 is 15.8 Å². The lowest BCUT2D eigenvalue weighted by molar-refractivity contribution is 0.0999. The molecule has 0 saturated carbocycles. The number of imidazole rings is 1. The number of ether oxygens (including phenoxy) is 1. The average molecular weight is 533 g/mol. The van der Waals surface area contributed by atoms with Crippen molar-refractivity contribution in [3.05, 3.63) is 71.7 Å². The summed E-state index contributed by atoms with van der Waals surface area (Å²) in [6.07, 6.45) is 5.20. The maximum Gasteiger partial charge on any atom is 0.248 e. The molecule has 2 heterocycles. The molecule has 2 aromatic heterocycles. The second-order valence-electron chi connectivity index (χ2n) is 6.77. The van der Waals surface area contributed by atoms with Gasteiger partial charge in [0.15, 0.2) is 23.0 Å². The van der Waals surface area contributed by atoms with Crippen molar-refractivity contribution in [1.82, 2.24) is 14.4 Å². The topological polar surface area (TPSA) is 94.5 Å². The van der Waals surface area contributed by atoms with Gasteiger partial charge < -0.3 is 15.8 Å². The number of amides is 1. The van der Waals surface area contributed by atoms with Gasteiger partial charge in [-0.1, -0.05) is 6.92 Å². The van der Waals surface area contributed by atoms with Gasteiger partial charge in [-0.3, -0.25) is 9.20 Å². The molecule has 0 saturated heterocycles. The standard InChI is InChI=1S/C22H19F2N5O2.3ClH/c1-3-12-10-13(4-5-14(12)20(25)30)28-21-22-27-11-16(29(22)9-8-26-21)15-6-7-17(31-2)19(24)18(15)23;;;/h4-11H,3H2,1-2H3,(H2,25,30)(H,26,28);3*1H. The van der Waals surface area contributed by atoms with Gasteiger partial charge in [-0.05, 0) is 42.3 Å². The van der Waals surface area contributed by atoms with Crippen molar-refractivity contribution in [3.8, 4) is 17.0 Å². The van der Waals surface area contributed by atoms with E-state index in [1.54, 1.807) is 22.7 Å². The van der Waals surface area contributed by atoms with Crippen molar-refractivity contribution in [2.75, 3.05) is 12.4 Å². The second-order valence-corrected chi connectivity index (χ2v) is 6.77. The summed E-state index contributed by atoms with van der Waals surface area (Å²) in [4.78, 5) is 20.2. The molecule has 182 valence electrons. The molecule has 0 bridgehead atoms. The van der Waals surface area contributed by atoms with E-state index in [2.05, 4.69) is 15.3 Å². The molecule has 0 fully saturated rings. The van der Waals surface area contributed by atoms with E-state index < -0.39 is 17.5 Å². The summed E-state index contributed by atoms with van der Waals surface area (Å²) in [5, 5.41) is 3.16. The molecule has 0 aliphatic carbocycles. The lowest BCUT2D eigenvalue weighted by Crippen LogP contribution is -2.13. The monoisotopic (exact) mass is 531 g/mol. The molecule has 2 aromatic carbocycles. The zero-order chi connectivity index (χ0) is 22.1. The Bertz CT molecular complexity index is 1320. The number of carbonyl (C=O) groups is 1. The maximum atomic E-state index is 14.6. The van der Waals surface area contributed by atoms with Crippen LogP contribution in [0.15, 0.2) is 48.9 Å². The van der Waals surface area contributed by atoms with E-state index in [4.69, 9.17) is 10.5 Å². The lowest BCUT2D eigenvalue weighted by Gasteiger charge is -2.11. The Labute approximate surface area is 213 Å². The van der Waals surface area contributed by atoms with Gasteiger partial charge in [-0.25, -0.2) is 14.4 Å². The summed E-state index contributed by atoms with van der Waals surface area (Å²) < 4.78 is 35.2. The summed E-state index contributed by atoms with van der Waals surface area (Å²) >= 11 is 0. The van der Waals surface area contributed by atoms with Crippen molar-refractivity contribution >= 4 is 60.3 Å². The number of aromatic nitrogens is 3. The Kier molecular flexibility index (Phi) is 10.0. The number of nitrogens with zero attached hydrogens (tertiary/aromatic N) is 3. The van der Waals surface area contributed by atoms with Crippen LogP contribution in [0.4, 0.5) is 20.3 Å². The van der Waals surface area contributed by atoms with E-state index in [1.807, 2.05) is 13.0 Å². The minimum absolute atomic E-state index is 0. The van der Waals surface area contributed by atoms with Gasteiger partial charge in [-0.15, -0.1) is 37.2 Å². The van der Waals surface area contributed by atoms with Crippen molar-refractivity contribution in [2.24, 2.45) is 5.73 Å². The van der Waals surface area contributed by atoms with Crippen LogP contribution in [0.1, 0.15) is 22.8 Å². The first-order chi connectivity index (χ1) is 14.9. The zero-order valence-electron chi connectivity index (χ0n) is 18.0. The van der Waals surface area contributed by atoms with Crippen molar-refractivity contribution in [1.29, 1.82) is 0 Å². The number of hydrogen-bond acceptors (Lipinski definition) is 5. The van der Waals surface area contributed by atoms with Crippen LogP contribution in [0.3, 0.4) is 0 Å². The predicted octanol–water partition coefficient (Wildman–Crippen LogP) is 5.35. The van der Waals surface area contributed by atoms with Crippen molar-refractivity contribution < 1.29 is 18.3 Å². The number of nitrogens with two attached hydrogens (primary N) is 1. The first-order valence-corrected chi connectivity index (χ1v) is 9.48. The number of benzene rings is 2. The van der Waals surface area contributed by atoms with Gasteiger partial charge in [0.2, 0.25) is 11.7 Å². The van der Waals surface area contributed by atoms with Crippen molar-refractivity contribution in [2.45, 2.75) is 13.3 Å². The maximum absolute atomic E-state index is 14.6. The molecular weight excluding hydrogens is 511 g/mol. The molecule has 0 aliphatic rings. The summed E-state index contributed by atoms with van der Waals surface area (Å²) in [7, 11) is 1.27. The van der Waals surface area contributed by atoms with E-state index in [0.29, 0.717) is 34.8 Å². The first kappa shape index (κ1) is 28.9. The average Bonchev–Trinajstić information content (AvgIpc) is 3.20. The fourth-order valence-electron chi connectivity index (χ4n) is 3.43. The molecule has 0 spiro atoms. The number of aryl methyl sites for hydroxylation is 1. The largest absolute Gasteiger partial charge is 0.494 e. The van der Waals surface area contributed by atoms with E-state index in [0.717, 1.165) is 5.56 Å². The predicted molar refractivity (Wildman–Crippen MR) is 134 cm³/mol. The van der Waals surface area contributed by atoms with Crippen LogP contribution in [0.25, 0.3) is 16.9 Å².